The SMILES string of the molecule is CC(C)Cc1noc(C(C)NC2CCC3(CCNCC3)CC2)n1.Cl.Cl. The van der Waals surface area contributed by atoms with Crippen LogP contribution in [0.2, 0.25) is 0 Å². The molecule has 1 aliphatic carbocycles. The molecule has 146 valence electrons. The molecule has 1 unspecified atom stereocenters. The van der Waals surface area contributed by atoms with Crippen molar-refractivity contribution in [2.75, 3.05) is 13.1 Å². The van der Waals surface area contributed by atoms with Crippen LogP contribution in [0.5, 0.6) is 0 Å². The van der Waals surface area contributed by atoms with Crippen LogP contribution < -0.4 is 10.6 Å². The predicted molar refractivity (Wildman–Crippen MR) is 106 cm³/mol. The van der Waals surface area contributed by atoms with Crippen molar-refractivity contribution in [1.82, 2.24) is 20.8 Å². The average Bonchev–Trinajstić information content (AvgIpc) is 2.98. The number of aromatic nitrogens is 2. The Hall–Kier alpha value is -0.360. The van der Waals surface area contributed by atoms with E-state index in [1.807, 2.05) is 0 Å². The number of nitrogens with one attached hydrogen (secondary N) is 2. The Kier molecular flexibility index (Phi) is 9.16. The number of nitrogens with zero attached hydrogens (tertiary/aromatic N) is 2. The molecule has 2 N–H and O–H groups in total. The molecule has 1 spiro atoms. The van der Waals surface area contributed by atoms with Crippen molar-refractivity contribution >= 4 is 24.8 Å². The number of rotatable bonds is 5. The summed E-state index contributed by atoms with van der Waals surface area (Å²) < 4.78 is 5.45. The van der Waals surface area contributed by atoms with E-state index in [1.54, 1.807) is 0 Å². The van der Waals surface area contributed by atoms with Crippen molar-refractivity contribution in [3.05, 3.63) is 11.7 Å². The van der Waals surface area contributed by atoms with Crippen molar-refractivity contribution in [3.63, 3.8) is 0 Å². The molecule has 5 nitrogen and oxygen atoms in total. The maximum atomic E-state index is 5.45. The highest BCUT2D eigenvalue weighted by atomic mass is 35.5. The van der Waals surface area contributed by atoms with Crippen LogP contribution in [0.1, 0.15) is 77.1 Å². The van der Waals surface area contributed by atoms with Crippen molar-refractivity contribution in [1.29, 1.82) is 0 Å². The lowest BCUT2D eigenvalue weighted by Crippen LogP contribution is -2.43. The van der Waals surface area contributed by atoms with Crippen molar-refractivity contribution in [3.8, 4) is 0 Å². The molecule has 1 saturated carbocycles. The summed E-state index contributed by atoms with van der Waals surface area (Å²) >= 11 is 0. The Morgan fingerprint density at radius 1 is 1.12 bits per heavy atom. The molecule has 1 saturated heterocycles. The Balaban J connectivity index is 0.00000156. The fraction of sp³-hybridized carbons (Fsp3) is 0.889. The first-order chi connectivity index (χ1) is 11.1. The van der Waals surface area contributed by atoms with Gasteiger partial charge in [0.1, 0.15) is 0 Å². The molecule has 3 rings (SSSR count). The fourth-order valence-electron chi connectivity index (χ4n) is 4.17. The molecule has 1 aromatic heterocycles. The standard InChI is InChI=1S/C18H32N4O.2ClH/c1-13(2)12-16-21-17(23-22-16)14(3)20-15-4-6-18(7-5-15)8-10-19-11-9-18;;/h13-15,19-20H,4-12H2,1-3H3;2*1H. The summed E-state index contributed by atoms with van der Waals surface area (Å²) in [5, 5.41) is 11.3. The Bertz CT molecular complexity index is 493. The van der Waals surface area contributed by atoms with Crippen LogP contribution in [0.3, 0.4) is 0 Å². The third-order valence-electron chi connectivity index (χ3n) is 5.64. The van der Waals surface area contributed by atoms with E-state index in [2.05, 4.69) is 41.5 Å². The minimum Gasteiger partial charge on any atom is -0.338 e. The summed E-state index contributed by atoms with van der Waals surface area (Å²) in [6.45, 7) is 8.90. The molecule has 2 heterocycles. The van der Waals surface area contributed by atoms with Gasteiger partial charge in [-0.05, 0) is 69.9 Å². The van der Waals surface area contributed by atoms with E-state index >= 15 is 0 Å². The molecule has 0 bridgehead atoms. The third kappa shape index (κ3) is 6.09. The maximum absolute atomic E-state index is 5.45. The minimum absolute atomic E-state index is 0. The average molecular weight is 393 g/mol. The summed E-state index contributed by atoms with van der Waals surface area (Å²) in [5.74, 6) is 2.13. The van der Waals surface area contributed by atoms with Gasteiger partial charge in [-0.2, -0.15) is 4.98 Å². The Morgan fingerprint density at radius 2 is 1.76 bits per heavy atom. The van der Waals surface area contributed by atoms with Crippen LogP contribution in [0.4, 0.5) is 0 Å². The van der Waals surface area contributed by atoms with Crippen LogP contribution in [-0.4, -0.2) is 29.3 Å². The normalized spacial score (nSPS) is 21.6. The lowest BCUT2D eigenvalue weighted by atomic mass is 9.67. The first-order valence-corrected chi connectivity index (χ1v) is 9.36. The minimum atomic E-state index is 0. The summed E-state index contributed by atoms with van der Waals surface area (Å²) in [4.78, 5) is 4.55. The van der Waals surface area contributed by atoms with Gasteiger partial charge in [-0.3, -0.25) is 0 Å². The van der Waals surface area contributed by atoms with Crippen LogP contribution in [0.15, 0.2) is 4.52 Å². The molecule has 1 aromatic rings. The van der Waals surface area contributed by atoms with Crippen LogP contribution in [0.25, 0.3) is 0 Å². The van der Waals surface area contributed by atoms with E-state index in [-0.39, 0.29) is 30.9 Å². The van der Waals surface area contributed by atoms with E-state index in [0.29, 0.717) is 17.4 Å². The van der Waals surface area contributed by atoms with Gasteiger partial charge >= 0.3 is 0 Å². The number of piperidine rings is 1. The highest BCUT2D eigenvalue weighted by Gasteiger charge is 2.36. The number of halogens is 2. The lowest BCUT2D eigenvalue weighted by Gasteiger charge is -2.43. The second-order valence-electron chi connectivity index (χ2n) is 8.06. The van der Waals surface area contributed by atoms with Crippen LogP contribution >= 0.6 is 24.8 Å². The van der Waals surface area contributed by atoms with Gasteiger partial charge in [0.25, 0.3) is 0 Å². The zero-order valence-electron chi connectivity index (χ0n) is 15.7. The monoisotopic (exact) mass is 392 g/mol. The smallest absolute Gasteiger partial charge is 0.243 e. The Labute approximate surface area is 164 Å². The van der Waals surface area contributed by atoms with Gasteiger partial charge < -0.3 is 15.2 Å². The molecule has 1 atom stereocenters. The zero-order valence-corrected chi connectivity index (χ0v) is 17.3. The molecule has 25 heavy (non-hydrogen) atoms. The van der Waals surface area contributed by atoms with Crippen molar-refractivity contribution in [2.24, 2.45) is 11.3 Å². The largest absolute Gasteiger partial charge is 0.338 e. The molecule has 2 aliphatic rings. The predicted octanol–water partition coefficient (Wildman–Crippen LogP) is 4.07. The summed E-state index contributed by atoms with van der Waals surface area (Å²) in [6.07, 6.45) is 8.88. The summed E-state index contributed by atoms with van der Waals surface area (Å²) in [7, 11) is 0. The van der Waals surface area contributed by atoms with E-state index in [0.717, 1.165) is 18.1 Å². The van der Waals surface area contributed by atoms with Crippen LogP contribution in [0, 0.1) is 11.3 Å². The summed E-state index contributed by atoms with van der Waals surface area (Å²) in [6, 6.07) is 0.737. The molecular formula is C18H34Cl2N4O. The topological polar surface area (TPSA) is 63.0 Å². The van der Waals surface area contributed by atoms with Crippen LogP contribution in [-0.2, 0) is 6.42 Å². The van der Waals surface area contributed by atoms with E-state index < -0.39 is 0 Å². The van der Waals surface area contributed by atoms with E-state index in [9.17, 15) is 0 Å². The molecule has 1 aliphatic heterocycles. The number of hydrogen-bond donors (Lipinski definition) is 2. The summed E-state index contributed by atoms with van der Waals surface area (Å²) in [5.41, 5.74) is 0.627. The quantitative estimate of drug-likeness (QED) is 0.790. The highest BCUT2D eigenvalue weighted by Crippen LogP contribution is 2.43. The van der Waals surface area contributed by atoms with Crippen molar-refractivity contribution < 1.29 is 4.52 Å². The van der Waals surface area contributed by atoms with Gasteiger partial charge in [0, 0.05) is 12.5 Å². The molecular weight excluding hydrogens is 359 g/mol. The second kappa shape index (κ2) is 10.1. The van der Waals surface area contributed by atoms with Gasteiger partial charge in [-0.25, -0.2) is 0 Å². The lowest BCUT2D eigenvalue weighted by molar-refractivity contribution is 0.111. The molecule has 7 heteroatoms. The molecule has 0 aromatic carbocycles. The maximum Gasteiger partial charge on any atom is 0.243 e. The van der Waals surface area contributed by atoms with Gasteiger partial charge in [-0.15, -0.1) is 24.8 Å². The van der Waals surface area contributed by atoms with E-state index in [4.69, 9.17) is 4.52 Å². The van der Waals surface area contributed by atoms with Gasteiger partial charge in [0.2, 0.25) is 5.89 Å². The van der Waals surface area contributed by atoms with E-state index in [1.165, 1.54) is 51.6 Å². The van der Waals surface area contributed by atoms with Gasteiger partial charge in [0.05, 0.1) is 6.04 Å². The molecule has 2 fully saturated rings. The fourth-order valence-corrected chi connectivity index (χ4v) is 4.17. The third-order valence-corrected chi connectivity index (χ3v) is 5.64. The van der Waals surface area contributed by atoms with Gasteiger partial charge in [0.15, 0.2) is 5.82 Å². The highest BCUT2D eigenvalue weighted by molar-refractivity contribution is 5.85. The first-order valence-electron chi connectivity index (χ1n) is 9.36. The Morgan fingerprint density at radius 3 is 2.36 bits per heavy atom. The zero-order chi connectivity index (χ0) is 16.3. The van der Waals surface area contributed by atoms with Crippen molar-refractivity contribution in [2.45, 2.75) is 77.8 Å². The second-order valence-corrected chi connectivity index (χ2v) is 8.06. The molecule has 0 radical (unpaired) electrons. The number of hydrogen-bond acceptors (Lipinski definition) is 5. The molecule has 0 amide bonds. The van der Waals surface area contributed by atoms with Gasteiger partial charge in [-0.1, -0.05) is 19.0 Å². The first kappa shape index (κ1) is 22.7.